The summed E-state index contributed by atoms with van der Waals surface area (Å²) in [5, 5.41) is 2.98. The van der Waals surface area contributed by atoms with Gasteiger partial charge in [0, 0.05) is 18.0 Å². The predicted molar refractivity (Wildman–Crippen MR) is 82.6 cm³/mol. The van der Waals surface area contributed by atoms with E-state index in [1.807, 2.05) is 19.9 Å². The first-order valence-electron chi connectivity index (χ1n) is 7.58. The zero-order chi connectivity index (χ0) is 15.6. The van der Waals surface area contributed by atoms with E-state index in [1.165, 1.54) is 0 Å². The quantitative estimate of drug-likeness (QED) is 0.925. The van der Waals surface area contributed by atoms with Gasteiger partial charge in [0.25, 0.3) is 0 Å². The minimum absolute atomic E-state index is 0.0142. The van der Waals surface area contributed by atoms with Crippen LogP contribution in [0.2, 0.25) is 0 Å². The van der Waals surface area contributed by atoms with E-state index >= 15 is 0 Å². The van der Waals surface area contributed by atoms with Gasteiger partial charge in [-0.2, -0.15) is 0 Å². The lowest BCUT2D eigenvalue weighted by molar-refractivity contribution is -0.123. The molecule has 1 atom stereocenters. The molecule has 0 unspecified atom stereocenters. The predicted octanol–water partition coefficient (Wildman–Crippen LogP) is 2.97. The van der Waals surface area contributed by atoms with Crippen LogP contribution in [0.15, 0.2) is 18.2 Å². The second kappa shape index (κ2) is 6.14. The van der Waals surface area contributed by atoms with E-state index in [2.05, 4.69) is 17.3 Å². The summed E-state index contributed by atoms with van der Waals surface area (Å²) in [5.41, 5.74) is 0.436. The maximum atomic E-state index is 14.3. The van der Waals surface area contributed by atoms with Crippen LogP contribution < -0.4 is 5.32 Å². The highest BCUT2D eigenvalue weighted by Crippen LogP contribution is 2.26. The van der Waals surface area contributed by atoms with Crippen LogP contribution in [-0.4, -0.2) is 30.4 Å². The van der Waals surface area contributed by atoms with E-state index in [-0.39, 0.29) is 11.7 Å². The van der Waals surface area contributed by atoms with Crippen molar-refractivity contribution in [3.05, 3.63) is 35.1 Å². The number of benzene rings is 1. The first-order valence-corrected chi connectivity index (χ1v) is 7.58. The highest BCUT2D eigenvalue weighted by molar-refractivity contribution is 5.77. The Balaban J connectivity index is 2.06. The molecule has 0 radical (unpaired) electrons. The van der Waals surface area contributed by atoms with E-state index in [0.717, 1.165) is 19.4 Å². The summed E-state index contributed by atoms with van der Waals surface area (Å²) in [6, 6.07) is 5.61. The van der Waals surface area contributed by atoms with Crippen molar-refractivity contribution in [3.8, 4) is 0 Å². The number of nitrogens with one attached hydrogen (secondary N) is 1. The Morgan fingerprint density at radius 1 is 1.48 bits per heavy atom. The molecule has 1 fully saturated rings. The molecule has 1 aromatic carbocycles. The molecule has 1 aliphatic rings. The van der Waals surface area contributed by atoms with Crippen LogP contribution in [0.3, 0.4) is 0 Å². The van der Waals surface area contributed by atoms with Gasteiger partial charge in [0.15, 0.2) is 0 Å². The van der Waals surface area contributed by atoms with Crippen molar-refractivity contribution in [1.82, 2.24) is 10.2 Å². The molecule has 0 bridgehead atoms. The molecule has 1 amide bonds. The summed E-state index contributed by atoms with van der Waals surface area (Å²) in [4.78, 5) is 14.5. The molecule has 0 aromatic heterocycles. The van der Waals surface area contributed by atoms with Crippen LogP contribution in [0, 0.1) is 12.7 Å². The lowest BCUT2D eigenvalue weighted by Crippen LogP contribution is -2.43. The molecular formula is C17H25FN2O. The Morgan fingerprint density at radius 3 is 2.81 bits per heavy atom. The number of hydrogen-bond donors (Lipinski definition) is 1. The highest BCUT2D eigenvalue weighted by Gasteiger charge is 2.29. The van der Waals surface area contributed by atoms with Gasteiger partial charge in [-0.15, -0.1) is 0 Å². The molecule has 1 aromatic rings. The molecule has 1 aliphatic heterocycles. The molecule has 0 spiro atoms. The molecule has 4 heteroatoms. The van der Waals surface area contributed by atoms with Gasteiger partial charge in [-0.05, 0) is 52.8 Å². The first kappa shape index (κ1) is 16.0. The van der Waals surface area contributed by atoms with Gasteiger partial charge in [0.1, 0.15) is 5.82 Å². The van der Waals surface area contributed by atoms with Gasteiger partial charge >= 0.3 is 0 Å². The van der Waals surface area contributed by atoms with Crippen LogP contribution in [0.5, 0.6) is 0 Å². The zero-order valence-corrected chi connectivity index (χ0v) is 13.4. The molecule has 1 N–H and O–H groups in total. The largest absolute Gasteiger partial charge is 0.347 e. The van der Waals surface area contributed by atoms with E-state index in [0.29, 0.717) is 23.6 Å². The molecule has 2 rings (SSSR count). The molecule has 0 aliphatic carbocycles. The Labute approximate surface area is 126 Å². The summed E-state index contributed by atoms with van der Waals surface area (Å²) in [7, 11) is 2.05. The van der Waals surface area contributed by atoms with E-state index < -0.39 is 5.54 Å². The topological polar surface area (TPSA) is 32.3 Å². The second-order valence-corrected chi connectivity index (χ2v) is 6.59. The summed E-state index contributed by atoms with van der Waals surface area (Å²) in [6.45, 7) is 6.49. The van der Waals surface area contributed by atoms with Crippen molar-refractivity contribution in [2.24, 2.45) is 0 Å². The normalized spacial score (nSPS) is 19.8. The van der Waals surface area contributed by atoms with Crippen molar-refractivity contribution >= 4 is 5.91 Å². The van der Waals surface area contributed by atoms with Gasteiger partial charge in [-0.25, -0.2) is 4.39 Å². The minimum Gasteiger partial charge on any atom is -0.347 e. The Bertz CT molecular complexity index is 528. The van der Waals surface area contributed by atoms with Crippen molar-refractivity contribution in [2.45, 2.75) is 51.6 Å². The van der Waals surface area contributed by atoms with Crippen molar-refractivity contribution < 1.29 is 9.18 Å². The zero-order valence-electron chi connectivity index (χ0n) is 13.4. The summed E-state index contributed by atoms with van der Waals surface area (Å²) in [6.07, 6.45) is 2.68. The number of halogens is 1. The number of aryl methyl sites for hydroxylation is 1. The average molecular weight is 292 g/mol. The number of rotatable bonds is 4. The fourth-order valence-corrected chi connectivity index (χ4v) is 3.05. The van der Waals surface area contributed by atoms with Gasteiger partial charge < -0.3 is 10.2 Å². The van der Waals surface area contributed by atoms with Gasteiger partial charge in [-0.3, -0.25) is 4.79 Å². The molecular weight excluding hydrogens is 267 g/mol. The van der Waals surface area contributed by atoms with Crippen LogP contribution in [0.4, 0.5) is 4.39 Å². The van der Waals surface area contributed by atoms with E-state index in [9.17, 15) is 9.18 Å². The fraction of sp³-hybridized carbons (Fsp3) is 0.588. The maximum absolute atomic E-state index is 14.3. The van der Waals surface area contributed by atoms with Crippen LogP contribution in [0.25, 0.3) is 0 Å². The molecule has 1 saturated heterocycles. The average Bonchev–Trinajstić information content (AvgIpc) is 2.77. The number of amides is 1. The Hall–Kier alpha value is -1.42. The Kier molecular flexibility index (Phi) is 4.67. The first-order chi connectivity index (χ1) is 9.81. The lowest BCUT2D eigenvalue weighted by Gasteiger charge is -2.29. The van der Waals surface area contributed by atoms with Gasteiger partial charge in [0.2, 0.25) is 5.91 Å². The Morgan fingerprint density at radius 2 is 2.19 bits per heavy atom. The van der Waals surface area contributed by atoms with Crippen molar-refractivity contribution in [2.75, 3.05) is 13.6 Å². The number of carbonyl (C=O) groups excluding carboxylic acids is 1. The number of likely N-dealkylation sites (tertiary alicyclic amines) is 1. The van der Waals surface area contributed by atoms with Gasteiger partial charge in [0.05, 0.1) is 5.54 Å². The van der Waals surface area contributed by atoms with Crippen molar-refractivity contribution in [3.63, 3.8) is 0 Å². The summed E-state index contributed by atoms with van der Waals surface area (Å²) in [5.74, 6) is -0.250. The SMILES string of the molecule is Cc1cccc(C(C)(C)NC(=O)C[C@@H]2CCCN2C)c1F. The second-order valence-electron chi connectivity index (χ2n) is 6.59. The third-order valence-electron chi connectivity index (χ3n) is 4.41. The third-order valence-corrected chi connectivity index (χ3v) is 4.41. The maximum Gasteiger partial charge on any atom is 0.222 e. The van der Waals surface area contributed by atoms with E-state index in [4.69, 9.17) is 0 Å². The number of nitrogens with zero attached hydrogens (tertiary/aromatic N) is 1. The molecule has 1 heterocycles. The minimum atomic E-state index is -0.704. The smallest absolute Gasteiger partial charge is 0.222 e. The van der Waals surface area contributed by atoms with Gasteiger partial charge in [-0.1, -0.05) is 18.2 Å². The van der Waals surface area contributed by atoms with Crippen molar-refractivity contribution in [1.29, 1.82) is 0 Å². The number of carbonyl (C=O) groups is 1. The summed E-state index contributed by atoms with van der Waals surface area (Å²) < 4.78 is 14.3. The number of hydrogen-bond acceptors (Lipinski definition) is 2. The molecule has 116 valence electrons. The van der Waals surface area contributed by atoms with E-state index in [1.54, 1.807) is 19.1 Å². The molecule has 21 heavy (non-hydrogen) atoms. The monoisotopic (exact) mass is 292 g/mol. The third kappa shape index (κ3) is 3.62. The molecule has 3 nitrogen and oxygen atoms in total. The van der Waals surface area contributed by atoms with Crippen LogP contribution in [-0.2, 0) is 10.3 Å². The molecule has 0 saturated carbocycles. The highest BCUT2D eigenvalue weighted by atomic mass is 19.1. The lowest BCUT2D eigenvalue weighted by atomic mass is 9.92. The standard InChI is InChI=1S/C17H25FN2O/c1-12-7-5-9-14(16(12)18)17(2,3)19-15(21)11-13-8-6-10-20(13)4/h5,7,9,13H,6,8,10-11H2,1-4H3,(H,19,21)/t13-/m0/s1. The van der Waals surface area contributed by atoms with Crippen LogP contribution >= 0.6 is 0 Å². The summed E-state index contributed by atoms with van der Waals surface area (Å²) >= 11 is 0. The van der Waals surface area contributed by atoms with Crippen LogP contribution in [0.1, 0.15) is 44.2 Å². The fourth-order valence-electron chi connectivity index (χ4n) is 3.05.